The Labute approximate surface area is 111 Å². The maximum absolute atomic E-state index is 2.37. The predicted octanol–water partition coefficient (Wildman–Crippen LogP) is 6.02. The minimum Gasteiger partial charge on any atom is -0.0936 e. The smallest absolute Gasteiger partial charge is 0.0209 e. The van der Waals surface area contributed by atoms with Gasteiger partial charge in [0.2, 0.25) is 0 Å². The van der Waals surface area contributed by atoms with Gasteiger partial charge in [-0.2, -0.15) is 0 Å². The van der Waals surface area contributed by atoms with Crippen LogP contribution >= 0.6 is 21.6 Å². The lowest BCUT2D eigenvalue weighted by atomic mass is 10.0. The zero-order chi connectivity index (χ0) is 12.6. The molecule has 0 amide bonds. The molecule has 0 aromatic heterocycles. The summed E-state index contributed by atoms with van der Waals surface area (Å²) in [5, 5.41) is 0. The van der Waals surface area contributed by atoms with Crippen molar-refractivity contribution < 1.29 is 0 Å². The monoisotopic (exact) mass is 262 g/mol. The van der Waals surface area contributed by atoms with Crippen LogP contribution in [0.3, 0.4) is 0 Å². The Morgan fingerprint density at radius 3 is 2.06 bits per heavy atom. The van der Waals surface area contributed by atoms with Crippen molar-refractivity contribution in [3.05, 3.63) is 0 Å². The summed E-state index contributed by atoms with van der Waals surface area (Å²) in [4.78, 5) is 0. The van der Waals surface area contributed by atoms with E-state index in [4.69, 9.17) is 0 Å². The fraction of sp³-hybridized carbons (Fsp3) is 1.00. The van der Waals surface area contributed by atoms with Crippen molar-refractivity contribution in [2.24, 2.45) is 11.8 Å². The van der Waals surface area contributed by atoms with E-state index in [1.807, 2.05) is 0 Å². The summed E-state index contributed by atoms with van der Waals surface area (Å²) in [5.41, 5.74) is 0. The Kier molecular flexibility index (Phi) is 9.12. The van der Waals surface area contributed by atoms with Gasteiger partial charge < -0.3 is 0 Å². The van der Waals surface area contributed by atoms with E-state index in [0.717, 1.165) is 11.8 Å². The molecule has 0 saturated heterocycles. The average Bonchev–Trinajstić information content (AvgIpc) is 2.08. The molecule has 16 heavy (non-hydrogen) atoms. The predicted molar refractivity (Wildman–Crippen MR) is 82.3 cm³/mol. The zero-order valence-corrected chi connectivity index (χ0v) is 13.6. The molecule has 0 heterocycles. The van der Waals surface area contributed by atoms with E-state index in [-0.39, 0.29) is 0 Å². The highest BCUT2D eigenvalue weighted by molar-refractivity contribution is 8.77. The molecule has 0 aliphatic carbocycles. The fourth-order valence-corrected chi connectivity index (χ4v) is 4.82. The van der Waals surface area contributed by atoms with Crippen LogP contribution in [-0.4, -0.2) is 10.5 Å². The van der Waals surface area contributed by atoms with Gasteiger partial charge in [0.15, 0.2) is 0 Å². The second kappa shape index (κ2) is 8.74. The average molecular weight is 263 g/mol. The van der Waals surface area contributed by atoms with Crippen LogP contribution in [0.2, 0.25) is 0 Å². The number of rotatable bonds is 9. The highest BCUT2D eigenvalue weighted by Crippen LogP contribution is 2.40. The third kappa shape index (κ3) is 11.2. The normalized spacial score (nSPS) is 12.8. The molecule has 0 atom stereocenters. The van der Waals surface area contributed by atoms with E-state index < -0.39 is 0 Å². The van der Waals surface area contributed by atoms with Crippen LogP contribution in [-0.2, 0) is 0 Å². The lowest BCUT2D eigenvalue weighted by molar-refractivity contribution is 0.505. The molecule has 98 valence electrons. The molecular formula is C14H30S2. The Hall–Kier alpha value is 0.700. The fourth-order valence-electron chi connectivity index (χ4n) is 1.93. The van der Waals surface area contributed by atoms with E-state index in [9.17, 15) is 0 Å². The van der Waals surface area contributed by atoms with Crippen LogP contribution < -0.4 is 0 Å². The van der Waals surface area contributed by atoms with Crippen LogP contribution in [0.4, 0.5) is 0 Å². The minimum atomic E-state index is 0.441. The molecule has 0 aromatic carbocycles. The number of unbranched alkanes of at least 4 members (excludes halogenated alkanes) is 1. The molecule has 0 bridgehead atoms. The molecule has 2 heteroatoms. The van der Waals surface area contributed by atoms with Gasteiger partial charge in [0.05, 0.1) is 0 Å². The Balaban J connectivity index is 3.43. The summed E-state index contributed by atoms with van der Waals surface area (Å²) in [5.74, 6) is 3.00. The van der Waals surface area contributed by atoms with Gasteiger partial charge in [0, 0.05) is 10.5 Å². The first-order valence-electron chi connectivity index (χ1n) is 6.64. The largest absolute Gasteiger partial charge is 0.0936 e. The summed E-state index contributed by atoms with van der Waals surface area (Å²) < 4.78 is 0.441. The van der Waals surface area contributed by atoms with Crippen LogP contribution in [0.25, 0.3) is 0 Å². The third-order valence-electron chi connectivity index (χ3n) is 2.44. The van der Waals surface area contributed by atoms with Crippen LogP contribution in [0.1, 0.15) is 67.2 Å². The second-order valence-electron chi connectivity index (χ2n) is 6.15. The van der Waals surface area contributed by atoms with Crippen LogP contribution in [0.5, 0.6) is 0 Å². The van der Waals surface area contributed by atoms with Gasteiger partial charge in [0.1, 0.15) is 0 Å². The first-order chi connectivity index (χ1) is 7.33. The summed E-state index contributed by atoms with van der Waals surface area (Å²) >= 11 is 0. The molecule has 0 unspecified atom stereocenters. The van der Waals surface area contributed by atoms with E-state index in [1.54, 1.807) is 0 Å². The third-order valence-corrected chi connectivity index (χ3v) is 5.84. The van der Waals surface area contributed by atoms with Crippen molar-refractivity contribution in [3.63, 3.8) is 0 Å². The standard InChI is InChI=1S/C14H30S2/c1-12(2)9-7-8-10-15-16-14(5,6)11-13(3)4/h12-13H,7-11H2,1-6H3. The molecule has 0 aromatic rings. The lowest BCUT2D eigenvalue weighted by Crippen LogP contribution is -2.16. The molecule has 0 fully saturated rings. The molecular weight excluding hydrogens is 232 g/mol. The quantitative estimate of drug-likeness (QED) is 0.368. The van der Waals surface area contributed by atoms with E-state index in [1.165, 1.54) is 31.4 Å². The maximum atomic E-state index is 2.37. The molecule has 0 aliphatic heterocycles. The molecule has 0 aliphatic rings. The maximum Gasteiger partial charge on any atom is 0.0209 e. The van der Waals surface area contributed by atoms with Gasteiger partial charge in [-0.3, -0.25) is 0 Å². The van der Waals surface area contributed by atoms with Crippen molar-refractivity contribution in [2.75, 3.05) is 5.75 Å². The molecule has 0 rings (SSSR count). The summed E-state index contributed by atoms with van der Waals surface area (Å²) in [6.07, 6.45) is 5.49. The topological polar surface area (TPSA) is 0 Å². The SMILES string of the molecule is CC(C)CCCCSSC(C)(C)CC(C)C. The first kappa shape index (κ1) is 16.7. The van der Waals surface area contributed by atoms with E-state index in [0.29, 0.717) is 4.75 Å². The Bertz CT molecular complexity index is 162. The van der Waals surface area contributed by atoms with Crippen molar-refractivity contribution in [1.82, 2.24) is 0 Å². The lowest BCUT2D eigenvalue weighted by Gasteiger charge is -2.25. The minimum absolute atomic E-state index is 0.441. The van der Waals surface area contributed by atoms with Gasteiger partial charge in [-0.1, -0.05) is 62.1 Å². The molecule has 0 N–H and O–H groups in total. The zero-order valence-electron chi connectivity index (χ0n) is 12.0. The molecule has 0 radical (unpaired) electrons. The number of hydrogen-bond acceptors (Lipinski definition) is 2. The van der Waals surface area contributed by atoms with E-state index >= 15 is 0 Å². The van der Waals surface area contributed by atoms with Gasteiger partial charge >= 0.3 is 0 Å². The van der Waals surface area contributed by atoms with Crippen molar-refractivity contribution in [3.8, 4) is 0 Å². The summed E-state index contributed by atoms with van der Waals surface area (Å²) in [6, 6.07) is 0. The molecule has 0 saturated carbocycles. The first-order valence-corrected chi connectivity index (χ1v) is 8.96. The number of hydrogen-bond donors (Lipinski definition) is 0. The Morgan fingerprint density at radius 2 is 1.56 bits per heavy atom. The molecule has 0 nitrogen and oxygen atoms in total. The van der Waals surface area contributed by atoms with Gasteiger partial charge in [-0.25, -0.2) is 0 Å². The summed E-state index contributed by atoms with van der Waals surface area (Å²) in [7, 11) is 4.15. The van der Waals surface area contributed by atoms with Crippen molar-refractivity contribution in [2.45, 2.75) is 72.0 Å². The van der Waals surface area contributed by atoms with Crippen molar-refractivity contribution in [1.29, 1.82) is 0 Å². The van der Waals surface area contributed by atoms with Gasteiger partial charge in [-0.05, 0) is 38.5 Å². The van der Waals surface area contributed by atoms with Gasteiger partial charge in [-0.15, -0.1) is 0 Å². The van der Waals surface area contributed by atoms with Crippen LogP contribution in [0, 0.1) is 11.8 Å². The van der Waals surface area contributed by atoms with Gasteiger partial charge in [0.25, 0.3) is 0 Å². The Morgan fingerprint density at radius 1 is 0.938 bits per heavy atom. The highest BCUT2D eigenvalue weighted by Gasteiger charge is 2.20. The summed E-state index contributed by atoms with van der Waals surface area (Å²) in [6.45, 7) is 14.0. The van der Waals surface area contributed by atoms with E-state index in [2.05, 4.69) is 63.1 Å². The van der Waals surface area contributed by atoms with Crippen molar-refractivity contribution >= 4 is 21.6 Å². The second-order valence-corrected chi connectivity index (χ2v) is 9.28. The van der Waals surface area contributed by atoms with Crippen LogP contribution in [0.15, 0.2) is 0 Å². The molecule has 0 spiro atoms. The highest BCUT2D eigenvalue weighted by atomic mass is 33.1.